The van der Waals surface area contributed by atoms with E-state index in [9.17, 15) is 10.5 Å². The molecule has 0 spiro atoms. The Morgan fingerprint density at radius 1 is 1.23 bits per heavy atom. The summed E-state index contributed by atoms with van der Waals surface area (Å²) in [6, 6.07) is 12.2. The van der Waals surface area contributed by atoms with Crippen molar-refractivity contribution in [3.63, 3.8) is 0 Å². The molecule has 3 atom stereocenters. The van der Waals surface area contributed by atoms with Gasteiger partial charge in [-0.25, -0.2) is 4.99 Å². The number of nitrogens with two attached hydrogens (primary N) is 1. The first-order chi connectivity index (χ1) is 10.5. The van der Waals surface area contributed by atoms with Crippen LogP contribution in [0, 0.1) is 40.4 Å². The Morgan fingerprint density at radius 2 is 1.91 bits per heavy atom. The summed E-state index contributed by atoms with van der Waals surface area (Å²) < 4.78 is 10.9. The van der Waals surface area contributed by atoms with Crippen molar-refractivity contribution in [2.24, 2.45) is 16.6 Å². The van der Waals surface area contributed by atoms with E-state index in [-0.39, 0.29) is 5.84 Å². The number of aryl methyl sites for hydroxylation is 1. The van der Waals surface area contributed by atoms with Crippen LogP contribution in [0.3, 0.4) is 0 Å². The third kappa shape index (κ3) is 1.24. The zero-order chi connectivity index (χ0) is 16.2. The molecule has 6 heteroatoms. The van der Waals surface area contributed by atoms with Crippen LogP contribution in [-0.4, -0.2) is 26.0 Å². The SMILES string of the molecule is COC1(OC)[NH+]=C(N)[C@@]2(C#N)[C@H](c3cccc(C)c3)[C@@]12C#N. The van der Waals surface area contributed by atoms with Gasteiger partial charge in [-0.15, -0.1) is 0 Å². The van der Waals surface area contributed by atoms with Gasteiger partial charge in [-0.1, -0.05) is 29.8 Å². The Morgan fingerprint density at radius 3 is 2.41 bits per heavy atom. The molecule has 0 saturated heterocycles. The summed E-state index contributed by atoms with van der Waals surface area (Å²) in [6.45, 7) is 1.96. The largest absolute Gasteiger partial charge is 0.342 e. The Hall–Kier alpha value is -2.41. The molecule has 3 N–H and O–H groups in total. The highest BCUT2D eigenvalue weighted by molar-refractivity contribution is 5.95. The van der Waals surface area contributed by atoms with Crippen LogP contribution >= 0.6 is 0 Å². The molecule has 0 unspecified atom stereocenters. The Bertz CT molecular complexity index is 756. The first kappa shape index (κ1) is 14.5. The fraction of sp³-hybridized carbons (Fsp3) is 0.438. The van der Waals surface area contributed by atoms with Crippen LogP contribution in [0.15, 0.2) is 24.3 Å². The van der Waals surface area contributed by atoms with Crippen LogP contribution in [0.4, 0.5) is 0 Å². The van der Waals surface area contributed by atoms with Gasteiger partial charge in [0.05, 0.1) is 12.1 Å². The Balaban J connectivity index is 2.26. The van der Waals surface area contributed by atoms with Gasteiger partial charge in [0.1, 0.15) is 0 Å². The number of ether oxygens (including phenoxy) is 2. The average molecular weight is 297 g/mol. The molecule has 1 saturated carbocycles. The van der Waals surface area contributed by atoms with E-state index in [1.54, 1.807) is 0 Å². The maximum atomic E-state index is 9.91. The lowest BCUT2D eigenvalue weighted by Crippen LogP contribution is -2.90. The zero-order valence-corrected chi connectivity index (χ0v) is 12.7. The van der Waals surface area contributed by atoms with E-state index in [1.165, 1.54) is 14.2 Å². The fourth-order valence-corrected chi connectivity index (χ4v) is 3.96. The lowest BCUT2D eigenvalue weighted by Gasteiger charge is -2.26. The maximum Gasteiger partial charge on any atom is 0.342 e. The second-order valence-corrected chi connectivity index (χ2v) is 5.75. The van der Waals surface area contributed by atoms with Crippen LogP contribution in [0.25, 0.3) is 0 Å². The van der Waals surface area contributed by atoms with E-state index in [0.717, 1.165) is 11.1 Å². The summed E-state index contributed by atoms with van der Waals surface area (Å²) in [5.74, 6) is -1.63. The van der Waals surface area contributed by atoms with Gasteiger partial charge in [0.15, 0.2) is 10.8 Å². The zero-order valence-electron chi connectivity index (χ0n) is 12.7. The summed E-state index contributed by atoms with van der Waals surface area (Å²) in [7, 11) is 2.86. The average Bonchev–Trinajstić information content (AvgIpc) is 3.11. The molecule has 1 aliphatic carbocycles. The molecule has 112 valence electrons. The van der Waals surface area contributed by atoms with Gasteiger partial charge in [0, 0.05) is 20.1 Å². The second kappa shape index (κ2) is 4.30. The number of methoxy groups -OCH3 is 2. The first-order valence-corrected chi connectivity index (χ1v) is 6.90. The molecule has 3 rings (SSSR count). The minimum Gasteiger partial charge on any atom is -0.317 e. The van der Waals surface area contributed by atoms with Crippen molar-refractivity contribution in [2.45, 2.75) is 18.8 Å². The molecule has 6 nitrogen and oxygen atoms in total. The molecule has 1 aromatic rings. The molecule has 1 aromatic carbocycles. The fourth-order valence-electron chi connectivity index (χ4n) is 3.96. The van der Waals surface area contributed by atoms with Crippen LogP contribution in [-0.2, 0) is 9.47 Å². The van der Waals surface area contributed by atoms with Gasteiger partial charge in [-0.3, -0.25) is 5.73 Å². The number of nitriles is 2. The van der Waals surface area contributed by atoms with Gasteiger partial charge < -0.3 is 9.47 Å². The molecule has 0 amide bonds. The number of hydrogen-bond acceptors (Lipinski definition) is 5. The molecule has 0 radical (unpaired) electrons. The summed E-state index contributed by atoms with van der Waals surface area (Å²) >= 11 is 0. The third-order valence-corrected chi connectivity index (χ3v) is 4.95. The lowest BCUT2D eigenvalue weighted by molar-refractivity contribution is -0.687. The predicted octanol–water partition coefficient (Wildman–Crippen LogP) is -0.490. The van der Waals surface area contributed by atoms with E-state index >= 15 is 0 Å². The van der Waals surface area contributed by atoms with E-state index < -0.39 is 22.7 Å². The highest BCUT2D eigenvalue weighted by Gasteiger charge is 2.96. The standard InChI is InChI=1S/C16H16N4O2/c1-10-5-4-6-11(7-10)12-14(8-17)13(19)20-16(21-2,22-3)15(12,14)9-18/h4-7,12H,1-3H3,(H2,19,20)/p+1/t12-,14+,15+/m0/s1. The number of hydrogen-bond donors (Lipinski definition) is 2. The molecule has 2 aliphatic rings. The predicted molar refractivity (Wildman–Crippen MR) is 76.9 cm³/mol. The van der Waals surface area contributed by atoms with Crippen LogP contribution in [0.2, 0.25) is 0 Å². The molecule has 1 aliphatic heterocycles. The Kier molecular flexibility index (Phi) is 2.84. The lowest BCUT2D eigenvalue weighted by atomic mass is 9.93. The smallest absolute Gasteiger partial charge is 0.317 e. The molecular formula is C16H17N4O2+. The third-order valence-electron chi connectivity index (χ3n) is 4.95. The summed E-state index contributed by atoms with van der Waals surface area (Å²) in [5, 5.41) is 19.7. The van der Waals surface area contributed by atoms with Crippen molar-refractivity contribution in [3.05, 3.63) is 35.4 Å². The number of benzene rings is 1. The van der Waals surface area contributed by atoms with E-state index in [0.29, 0.717) is 0 Å². The summed E-state index contributed by atoms with van der Waals surface area (Å²) in [5.41, 5.74) is 5.63. The molecule has 1 heterocycles. The van der Waals surface area contributed by atoms with Crippen LogP contribution in [0.5, 0.6) is 0 Å². The normalized spacial score (nSPS) is 34.2. The summed E-state index contributed by atoms with van der Waals surface area (Å²) in [6.07, 6.45) is 0. The van der Waals surface area contributed by atoms with Gasteiger partial charge in [-0.2, -0.15) is 10.5 Å². The highest BCUT2D eigenvalue weighted by atomic mass is 16.7. The highest BCUT2D eigenvalue weighted by Crippen LogP contribution is 2.78. The maximum absolute atomic E-state index is 9.91. The minimum absolute atomic E-state index is 0.215. The molecule has 22 heavy (non-hydrogen) atoms. The van der Waals surface area contributed by atoms with Crippen LogP contribution < -0.4 is 10.7 Å². The topological polar surface area (TPSA) is 106 Å². The van der Waals surface area contributed by atoms with Gasteiger partial charge in [0.25, 0.3) is 5.84 Å². The van der Waals surface area contributed by atoms with Crippen molar-refractivity contribution in [3.8, 4) is 12.1 Å². The minimum atomic E-state index is -1.43. The molecule has 1 fully saturated rings. The van der Waals surface area contributed by atoms with Crippen molar-refractivity contribution in [1.82, 2.24) is 0 Å². The van der Waals surface area contributed by atoms with Crippen molar-refractivity contribution < 1.29 is 14.5 Å². The first-order valence-electron chi connectivity index (χ1n) is 6.90. The van der Waals surface area contributed by atoms with Crippen molar-refractivity contribution in [1.29, 1.82) is 10.5 Å². The van der Waals surface area contributed by atoms with Gasteiger partial charge in [-0.05, 0) is 12.5 Å². The number of rotatable bonds is 3. The van der Waals surface area contributed by atoms with E-state index in [2.05, 4.69) is 17.1 Å². The summed E-state index contributed by atoms with van der Waals surface area (Å²) in [4.78, 5) is 2.87. The Labute approximate surface area is 128 Å². The second-order valence-electron chi connectivity index (χ2n) is 5.75. The number of nitrogens with one attached hydrogen (secondary N) is 1. The number of amidine groups is 1. The van der Waals surface area contributed by atoms with Crippen LogP contribution in [0.1, 0.15) is 17.0 Å². The molecule has 0 aromatic heterocycles. The van der Waals surface area contributed by atoms with E-state index in [4.69, 9.17) is 15.2 Å². The number of nitrogens with zero attached hydrogens (tertiary/aromatic N) is 2. The van der Waals surface area contributed by atoms with E-state index in [1.807, 2.05) is 31.2 Å². The molecular weight excluding hydrogens is 280 g/mol. The number of fused-ring (bicyclic) bond motifs is 1. The van der Waals surface area contributed by atoms with Gasteiger partial charge >= 0.3 is 5.91 Å². The van der Waals surface area contributed by atoms with Crippen molar-refractivity contribution in [2.75, 3.05) is 14.2 Å². The quantitative estimate of drug-likeness (QED) is 0.732. The monoisotopic (exact) mass is 297 g/mol. The van der Waals surface area contributed by atoms with Gasteiger partial charge in [0.2, 0.25) is 0 Å². The molecule has 0 bridgehead atoms. The van der Waals surface area contributed by atoms with Crippen molar-refractivity contribution >= 4 is 5.84 Å².